The minimum absolute atomic E-state index is 0.0640. The summed E-state index contributed by atoms with van der Waals surface area (Å²) in [7, 11) is 0. The minimum atomic E-state index is -0.832. The Labute approximate surface area is 86.8 Å². The molecule has 2 heterocycles. The van der Waals surface area contributed by atoms with Gasteiger partial charge in [-0.2, -0.15) is 4.98 Å². The molecule has 10 heteroatoms. The van der Waals surface area contributed by atoms with Crippen molar-refractivity contribution in [1.29, 1.82) is 0 Å². The molecule has 0 aliphatic heterocycles. The zero-order chi connectivity index (χ0) is 11.5. The van der Waals surface area contributed by atoms with E-state index in [0.29, 0.717) is 0 Å². The van der Waals surface area contributed by atoms with E-state index >= 15 is 0 Å². The Balaban J connectivity index is 2.42. The van der Waals surface area contributed by atoms with Crippen molar-refractivity contribution in [1.82, 2.24) is 25.5 Å². The Morgan fingerprint density at radius 1 is 1.38 bits per heavy atom. The van der Waals surface area contributed by atoms with E-state index in [4.69, 9.17) is 0 Å². The molecule has 0 unspecified atom stereocenters. The molecule has 2 rings (SSSR count). The second kappa shape index (κ2) is 3.76. The molecule has 0 aliphatic rings. The number of H-pyrrole nitrogens is 1. The highest BCUT2D eigenvalue weighted by Crippen LogP contribution is 2.00. The molecule has 16 heavy (non-hydrogen) atoms. The third-order valence-electron chi connectivity index (χ3n) is 1.61. The van der Waals surface area contributed by atoms with Gasteiger partial charge in [-0.1, -0.05) is 0 Å². The average molecular weight is 223 g/mol. The van der Waals surface area contributed by atoms with Crippen LogP contribution in [0.4, 0.5) is 5.95 Å². The number of rotatable bonds is 3. The molecule has 82 valence electrons. The molecule has 2 aromatic rings. The van der Waals surface area contributed by atoms with E-state index in [2.05, 4.69) is 25.4 Å². The molecule has 0 aromatic carbocycles. The van der Waals surface area contributed by atoms with Crippen LogP contribution in [0.25, 0.3) is 11.2 Å². The molecule has 0 amide bonds. The van der Waals surface area contributed by atoms with Gasteiger partial charge in [0.1, 0.15) is 0 Å². The second-order valence-electron chi connectivity index (χ2n) is 2.64. The van der Waals surface area contributed by atoms with E-state index in [1.807, 2.05) is 0 Å². The van der Waals surface area contributed by atoms with E-state index in [-0.39, 0.29) is 17.1 Å². The lowest BCUT2D eigenvalue weighted by atomic mass is 10.5. The number of nitrogens with one attached hydrogen (secondary N) is 3. The largest absolute Gasteiger partial charge is 0.289 e. The molecule has 0 bridgehead atoms. The first-order valence-corrected chi connectivity index (χ1v) is 4.04. The van der Waals surface area contributed by atoms with Gasteiger partial charge >= 0.3 is 0 Å². The van der Waals surface area contributed by atoms with Crippen molar-refractivity contribution in [2.75, 3.05) is 5.43 Å². The van der Waals surface area contributed by atoms with Gasteiger partial charge in [0.2, 0.25) is 5.95 Å². The summed E-state index contributed by atoms with van der Waals surface area (Å²) >= 11 is 0. The fourth-order valence-corrected chi connectivity index (χ4v) is 1.03. The van der Waals surface area contributed by atoms with Crippen LogP contribution in [0.15, 0.2) is 17.2 Å². The molecule has 0 atom stereocenters. The number of hydrogen-bond donors (Lipinski definition) is 3. The van der Waals surface area contributed by atoms with Crippen molar-refractivity contribution in [2.24, 2.45) is 0 Å². The number of nitrogens with zero attached hydrogens (tertiary/aromatic N) is 4. The van der Waals surface area contributed by atoms with Gasteiger partial charge in [0.15, 0.2) is 16.2 Å². The van der Waals surface area contributed by atoms with Crippen molar-refractivity contribution < 1.29 is 5.03 Å². The SMILES string of the molecule is O=c1[nH]c(NN[N+](=O)[O-])nc2nccnc12. The number of hydrazine groups is 2. The molecule has 0 fully saturated rings. The Hall–Kier alpha value is -2.78. The van der Waals surface area contributed by atoms with Gasteiger partial charge in [-0.15, -0.1) is 0 Å². The van der Waals surface area contributed by atoms with Crippen molar-refractivity contribution >= 4 is 17.1 Å². The van der Waals surface area contributed by atoms with E-state index < -0.39 is 10.6 Å². The smallest absolute Gasteiger partial charge is 0.280 e. The van der Waals surface area contributed by atoms with Gasteiger partial charge in [0.25, 0.3) is 5.56 Å². The number of anilines is 1. The van der Waals surface area contributed by atoms with Crippen molar-refractivity contribution in [3.05, 3.63) is 32.9 Å². The Morgan fingerprint density at radius 2 is 2.12 bits per heavy atom. The monoisotopic (exact) mass is 223 g/mol. The Kier molecular flexibility index (Phi) is 2.30. The lowest BCUT2D eigenvalue weighted by Gasteiger charge is -2.01. The molecular formula is C6H5N7O3. The van der Waals surface area contributed by atoms with Crippen LogP contribution in [0.2, 0.25) is 0 Å². The van der Waals surface area contributed by atoms with Gasteiger partial charge in [0, 0.05) is 12.4 Å². The number of nitro groups is 1. The summed E-state index contributed by atoms with van der Waals surface area (Å²) in [5.41, 5.74) is 3.36. The van der Waals surface area contributed by atoms with E-state index in [0.717, 1.165) is 0 Å². The molecule has 0 saturated carbocycles. The van der Waals surface area contributed by atoms with Crippen LogP contribution in [-0.4, -0.2) is 25.0 Å². The van der Waals surface area contributed by atoms with Gasteiger partial charge in [-0.05, 0) is 5.53 Å². The molecule has 0 radical (unpaired) electrons. The molecule has 0 spiro atoms. The maximum Gasteiger partial charge on any atom is 0.280 e. The number of aromatic amines is 1. The Bertz CT molecular complexity index is 594. The van der Waals surface area contributed by atoms with E-state index in [9.17, 15) is 14.9 Å². The van der Waals surface area contributed by atoms with Crippen molar-refractivity contribution in [3.8, 4) is 0 Å². The van der Waals surface area contributed by atoms with Crippen LogP contribution in [0.1, 0.15) is 0 Å². The van der Waals surface area contributed by atoms with Crippen molar-refractivity contribution in [2.45, 2.75) is 0 Å². The predicted molar refractivity (Wildman–Crippen MR) is 51.7 cm³/mol. The van der Waals surface area contributed by atoms with Crippen LogP contribution in [-0.2, 0) is 0 Å². The zero-order valence-electron chi connectivity index (χ0n) is 7.67. The maximum atomic E-state index is 11.4. The summed E-state index contributed by atoms with van der Waals surface area (Å²) in [6.07, 6.45) is 2.71. The maximum absolute atomic E-state index is 11.4. The molecule has 2 aromatic heterocycles. The van der Waals surface area contributed by atoms with E-state index in [1.165, 1.54) is 12.4 Å². The summed E-state index contributed by atoms with van der Waals surface area (Å²) in [4.78, 5) is 35.0. The first kappa shape index (κ1) is 9.76. The topological polar surface area (TPSA) is 139 Å². The summed E-state index contributed by atoms with van der Waals surface area (Å²) in [5, 5.41) is 9.17. The standard InChI is InChI=1S/C6H5N7O3/c14-5-3-4(8-2-1-7-3)9-6(10-5)11-12-13(15)16/h1-2,12H,(H2,8,9,10,11,14). The lowest BCUT2D eigenvalue weighted by Crippen LogP contribution is -2.30. The summed E-state index contributed by atoms with van der Waals surface area (Å²) in [6, 6.07) is 0. The van der Waals surface area contributed by atoms with Gasteiger partial charge < -0.3 is 0 Å². The lowest BCUT2D eigenvalue weighted by molar-refractivity contribution is -0.538. The van der Waals surface area contributed by atoms with Crippen LogP contribution in [0.3, 0.4) is 0 Å². The normalized spacial score (nSPS) is 10.0. The summed E-state index contributed by atoms with van der Waals surface area (Å²) in [6.45, 7) is 0. The minimum Gasteiger partial charge on any atom is -0.289 e. The number of aromatic nitrogens is 4. The first-order chi connectivity index (χ1) is 7.66. The third kappa shape index (κ3) is 1.84. The number of fused-ring (bicyclic) bond motifs is 1. The second-order valence-corrected chi connectivity index (χ2v) is 2.64. The average Bonchev–Trinajstić information content (AvgIpc) is 2.26. The fourth-order valence-electron chi connectivity index (χ4n) is 1.03. The highest BCUT2D eigenvalue weighted by molar-refractivity contribution is 5.68. The van der Waals surface area contributed by atoms with Crippen molar-refractivity contribution in [3.63, 3.8) is 0 Å². The molecular weight excluding hydrogens is 218 g/mol. The van der Waals surface area contributed by atoms with Gasteiger partial charge in [-0.3, -0.25) is 9.78 Å². The predicted octanol–water partition coefficient (Wildman–Crippen LogP) is -1.18. The molecule has 3 N–H and O–H groups in total. The highest BCUT2D eigenvalue weighted by atomic mass is 16.7. The van der Waals surface area contributed by atoms with E-state index in [1.54, 1.807) is 5.53 Å². The summed E-state index contributed by atoms with van der Waals surface area (Å²) in [5.74, 6) is -0.116. The molecule has 10 nitrogen and oxygen atoms in total. The highest BCUT2D eigenvalue weighted by Gasteiger charge is 2.05. The van der Waals surface area contributed by atoms with Crippen LogP contribution < -0.4 is 16.5 Å². The Morgan fingerprint density at radius 3 is 2.88 bits per heavy atom. The molecule has 0 aliphatic carbocycles. The summed E-state index contributed by atoms with van der Waals surface area (Å²) < 4.78 is 0. The number of hydrogen-bond acceptors (Lipinski definition) is 7. The fraction of sp³-hybridized carbons (Fsp3) is 0. The third-order valence-corrected chi connectivity index (χ3v) is 1.61. The van der Waals surface area contributed by atoms with Crippen LogP contribution >= 0.6 is 0 Å². The van der Waals surface area contributed by atoms with Crippen LogP contribution in [0, 0.1) is 10.1 Å². The van der Waals surface area contributed by atoms with Gasteiger partial charge in [-0.25, -0.2) is 25.5 Å². The quantitative estimate of drug-likeness (QED) is 0.436. The first-order valence-electron chi connectivity index (χ1n) is 4.04. The zero-order valence-corrected chi connectivity index (χ0v) is 7.67. The van der Waals surface area contributed by atoms with Gasteiger partial charge in [0.05, 0.1) is 0 Å². The molecule has 0 saturated heterocycles. The van der Waals surface area contributed by atoms with Crippen LogP contribution in [0.5, 0.6) is 0 Å².